The van der Waals surface area contributed by atoms with Crippen LogP contribution < -0.4 is 14.2 Å². The maximum absolute atomic E-state index is 13.6. The number of aliphatic hydroxyl groups excluding tert-OH is 1. The summed E-state index contributed by atoms with van der Waals surface area (Å²) in [6.07, 6.45) is 1.65. The molecule has 3 heterocycles. The lowest BCUT2D eigenvalue weighted by Crippen LogP contribution is -2.42. The predicted octanol–water partition coefficient (Wildman–Crippen LogP) is 4.20. The number of benzene rings is 2. The number of amides is 1. The number of carbonyl (C=O) groups excluding carboxylic acids is 2. The minimum atomic E-state index is -0.780. The molecule has 2 aromatic rings. The second-order valence-electron chi connectivity index (χ2n) is 11.3. The fourth-order valence-electron chi connectivity index (χ4n) is 5.63. The number of ether oxygens (including phenoxy) is 4. The summed E-state index contributed by atoms with van der Waals surface area (Å²) in [5, 5.41) is 11.6. The molecule has 9 nitrogen and oxygen atoms in total. The number of morpholine rings is 1. The van der Waals surface area contributed by atoms with E-state index in [9.17, 15) is 14.7 Å². The molecule has 1 N–H and O–H groups in total. The number of nitrogens with zero attached hydrogens (tertiary/aromatic N) is 2. The number of hydrogen-bond donors (Lipinski definition) is 1. The summed E-state index contributed by atoms with van der Waals surface area (Å²) >= 11 is 0. The first kappa shape index (κ1) is 29.0. The van der Waals surface area contributed by atoms with E-state index in [1.165, 1.54) is 0 Å². The molecule has 2 saturated heterocycles. The van der Waals surface area contributed by atoms with E-state index in [2.05, 4.69) is 18.7 Å². The first-order valence-corrected chi connectivity index (χ1v) is 14.5. The van der Waals surface area contributed by atoms with Gasteiger partial charge in [-0.1, -0.05) is 19.9 Å². The highest BCUT2D eigenvalue weighted by atomic mass is 16.5. The van der Waals surface area contributed by atoms with E-state index in [0.717, 1.165) is 30.8 Å². The molecule has 0 saturated carbocycles. The van der Waals surface area contributed by atoms with Crippen LogP contribution in [0.25, 0.3) is 5.76 Å². The minimum absolute atomic E-state index is 0.0434. The summed E-state index contributed by atoms with van der Waals surface area (Å²) in [6, 6.07) is 10.1. The maximum Gasteiger partial charge on any atom is 0.295 e. The van der Waals surface area contributed by atoms with Crippen molar-refractivity contribution in [3.63, 3.8) is 0 Å². The molecule has 5 rings (SSSR count). The monoisotopic (exact) mass is 564 g/mol. The standard InChI is InChI=1S/C32H40N2O7/c1-20(2)9-14-40-26-8-5-22(19-27(26)38-4)29-28(30(35)23-6-7-25-24(18-23)17-21(3)41-25)31(36)32(37)34(29)11-10-33-12-15-39-16-13-33/h5-8,18-21,29,35H,9-17H2,1-4H3/b30-28+. The van der Waals surface area contributed by atoms with Crippen molar-refractivity contribution in [1.82, 2.24) is 9.80 Å². The fraction of sp³-hybridized carbons (Fsp3) is 0.500. The van der Waals surface area contributed by atoms with Gasteiger partial charge in [0.1, 0.15) is 17.6 Å². The number of aliphatic hydroxyl groups is 1. The quantitative estimate of drug-likeness (QED) is 0.261. The second kappa shape index (κ2) is 12.5. The molecule has 3 aliphatic heterocycles. The smallest absolute Gasteiger partial charge is 0.295 e. The van der Waals surface area contributed by atoms with Crippen LogP contribution in [0.1, 0.15) is 49.9 Å². The molecule has 0 aromatic heterocycles. The number of hydrogen-bond acceptors (Lipinski definition) is 8. The summed E-state index contributed by atoms with van der Waals surface area (Å²) in [6.45, 7) is 10.5. The number of rotatable bonds is 10. The highest BCUT2D eigenvalue weighted by molar-refractivity contribution is 6.46. The van der Waals surface area contributed by atoms with E-state index in [4.69, 9.17) is 18.9 Å². The molecule has 0 aliphatic carbocycles. The lowest BCUT2D eigenvalue weighted by Gasteiger charge is -2.31. The van der Waals surface area contributed by atoms with Crippen LogP contribution in [0.4, 0.5) is 0 Å². The Labute approximate surface area is 241 Å². The van der Waals surface area contributed by atoms with Crippen LogP contribution >= 0.6 is 0 Å². The van der Waals surface area contributed by atoms with E-state index >= 15 is 0 Å². The molecule has 220 valence electrons. The van der Waals surface area contributed by atoms with Crippen LogP contribution in [0.3, 0.4) is 0 Å². The van der Waals surface area contributed by atoms with Crippen LogP contribution in [0.15, 0.2) is 42.0 Å². The minimum Gasteiger partial charge on any atom is -0.507 e. The Morgan fingerprint density at radius 1 is 1.07 bits per heavy atom. The predicted molar refractivity (Wildman–Crippen MR) is 154 cm³/mol. The Kier molecular flexibility index (Phi) is 8.85. The largest absolute Gasteiger partial charge is 0.507 e. The van der Waals surface area contributed by atoms with Crippen molar-refractivity contribution in [1.29, 1.82) is 0 Å². The zero-order chi connectivity index (χ0) is 29.1. The van der Waals surface area contributed by atoms with Crippen LogP contribution in [0, 0.1) is 5.92 Å². The van der Waals surface area contributed by atoms with Gasteiger partial charge in [0.15, 0.2) is 11.5 Å². The number of Topliss-reactive ketones (excluding diaryl/α,β-unsaturated/α-hetero) is 1. The van der Waals surface area contributed by atoms with Crippen molar-refractivity contribution in [2.24, 2.45) is 5.92 Å². The van der Waals surface area contributed by atoms with Gasteiger partial charge in [0, 0.05) is 38.2 Å². The van der Waals surface area contributed by atoms with Gasteiger partial charge in [-0.2, -0.15) is 0 Å². The van der Waals surface area contributed by atoms with Gasteiger partial charge in [0.05, 0.1) is 38.5 Å². The summed E-state index contributed by atoms with van der Waals surface area (Å²) in [7, 11) is 1.57. The number of likely N-dealkylation sites (tertiary alicyclic amines) is 1. The van der Waals surface area contributed by atoms with E-state index in [-0.39, 0.29) is 17.4 Å². The van der Waals surface area contributed by atoms with Gasteiger partial charge in [-0.15, -0.1) is 0 Å². The average Bonchev–Trinajstić information content (AvgIpc) is 3.46. The Morgan fingerprint density at radius 2 is 1.85 bits per heavy atom. The zero-order valence-corrected chi connectivity index (χ0v) is 24.4. The summed E-state index contributed by atoms with van der Waals surface area (Å²) in [5.41, 5.74) is 2.18. The molecule has 2 unspecified atom stereocenters. The van der Waals surface area contributed by atoms with Crippen molar-refractivity contribution in [2.45, 2.75) is 45.8 Å². The lowest BCUT2D eigenvalue weighted by atomic mass is 9.94. The third-order valence-corrected chi connectivity index (χ3v) is 7.93. The van der Waals surface area contributed by atoms with Crippen LogP contribution in [0.5, 0.6) is 17.2 Å². The lowest BCUT2D eigenvalue weighted by molar-refractivity contribution is -0.140. The summed E-state index contributed by atoms with van der Waals surface area (Å²) in [4.78, 5) is 30.8. The molecule has 2 aromatic carbocycles. The van der Waals surface area contributed by atoms with Gasteiger partial charge in [-0.3, -0.25) is 14.5 Å². The molecule has 1 amide bonds. The van der Waals surface area contributed by atoms with Crippen molar-refractivity contribution in [3.8, 4) is 17.2 Å². The van der Waals surface area contributed by atoms with Crippen molar-refractivity contribution >= 4 is 17.4 Å². The molecule has 2 fully saturated rings. The number of carbonyl (C=O) groups is 2. The van der Waals surface area contributed by atoms with E-state index in [0.29, 0.717) is 67.9 Å². The molecule has 3 aliphatic rings. The average molecular weight is 565 g/mol. The molecule has 0 radical (unpaired) electrons. The maximum atomic E-state index is 13.6. The third kappa shape index (κ3) is 6.21. The van der Waals surface area contributed by atoms with Crippen LogP contribution in [-0.4, -0.2) is 85.8 Å². The highest BCUT2D eigenvalue weighted by Crippen LogP contribution is 2.42. The third-order valence-electron chi connectivity index (χ3n) is 7.93. The Morgan fingerprint density at radius 3 is 2.59 bits per heavy atom. The van der Waals surface area contributed by atoms with Gasteiger partial charge in [0.2, 0.25) is 0 Å². The van der Waals surface area contributed by atoms with Gasteiger partial charge in [-0.25, -0.2) is 0 Å². The Balaban J connectivity index is 1.52. The number of fused-ring (bicyclic) bond motifs is 1. The summed E-state index contributed by atoms with van der Waals surface area (Å²) in [5.74, 6) is 0.856. The molecule has 41 heavy (non-hydrogen) atoms. The first-order valence-electron chi connectivity index (χ1n) is 14.5. The molecule has 0 spiro atoms. The molecular weight excluding hydrogens is 524 g/mol. The van der Waals surface area contributed by atoms with Crippen LogP contribution in [0.2, 0.25) is 0 Å². The first-order chi connectivity index (χ1) is 19.8. The van der Waals surface area contributed by atoms with Crippen molar-refractivity contribution < 1.29 is 33.6 Å². The SMILES string of the molecule is COc1cc(C2/C(=C(\O)c3ccc4c(c3)CC(C)O4)C(=O)C(=O)N2CCN2CCOCC2)ccc1OCCC(C)C. The zero-order valence-electron chi connectivity index (χ0n) is 24.4. The molecule has 2 atom stereocenters. The molecule has 9 heteroatoms. The summed E-state index contributed by atoms with van der Waals surface area (Å²) < 4.78 is 22.9. The fourth-order valence-corrected chi connectivity index (χ4v) is 5.63. The normalized spacial score (nSPS) is 22.2. The van der Waals surface area contributed by atoms with E-state index in [1.54, 1.807) is 24.1 Å². The van der Waals surface area contributed by atoms with E-state index < -0.39 is 17.7 Å². The number of methoxy groups -OCH3 is 1. The highest BCUT2D eigenvalue weighted by Gasteiger charge is 2.46. The van der Waals surface area contributed by atoms with Gasteiger partial charge in [-0.05, 0) is 60.7 Å². The van der Waals surface area contributed by atoms with Gasteiger partial charge < -0.3 is 29.0 Å². The van der Waals surface area contributed by atoms with Crippen molar-refractivity contribution in [2.75, 3.05) is 53.1 Å². The van der Waals surface area contributed by atoms with Gasteiger partial charge >= 0.3 is 0 Å². The van der Waals surface area contributed by atoms with Crippen molar-refractivity contribution in [3.05, 3.63) is 58.7 Å². The second-order valence-corrected chi connectivity index (χ2v) is 11.3. The Bertz CT molecular complexity index is 1320. The van der Waals surface area contributed by atoms with Crippen LogP contribution in [-0.2, 0) is 20.7 Å². The Hall–Kier alpha value is -3.56. The number of ketones is 1. The topological polar surface area (TPSA) is 97.8 Å². The van der Waals surface area contributed by atoms with E-state index in [1.807, 2.05) is 31.2 Å². The van der Waals surface area contributed by atoms with Gasteiger partial charge in [0.25, 0.3) is 11.7 Å². The molecular formula is C32H40N2O7. The molecule has 0 bridgehead atoms.